The molecule has 24 heavy (non-hydrogen) atoms. The van der Waals surface area contributed by atoms with E-state index in [9.17, 15) is 14.4 Å². The summed E-state index contributed by atoms with van der Waals surface area (Å²) < 4.78 is 4.73. The Kier molecular flexibility index (Phi) is 7.11. The van der Waals surface area contributed by atoms with E-state index in [-0.39, 0.29) is 5.41 Å². The van der Waals surface area contributed by atoms with Gasteiger partial charge in [0.05, 0.1) is 0 Å². The summed E-state index contributed by atoms with van der Waals surface area (Å²) in [5.74, 6) is -1.85. The molecule has 0 radical (unpaired) electrons. The van der Waals surface area contributed by atoms with Crippen molar-refractivity contribution in [2.75, 3.05) is 6.61 Å². The third-order valence-corrected chi connectivity index (χ3v) is 3.15. The van der Waals surface area contributed by atoms with Gasteiger partial charge < -0.3 is 4.74 Å². The highest BCUT2D eigenvalue weighted by Crippen LogP contribution is 2.22. The number of allylic oxidation sites excluding steroid dienone is 3. The standard InChI is InChI=1S/C19H23NO4/c1-5-6-7-8-17(22)24-13-16(21)20-18(23)14-9-11-15(12-10-14)19(2,3)4/h5-12H,13H2,1-4H3,(H,20,21,23). The summed E-state index contributed by atoms with van der Waals surface area (Å²) in [4.78, 5) is 34.9. The molecule has 1 rings (SSSR count). The number of esters is 1. The van der Waals surface area contributed by atoms with Gasteiger partial charge in [-0.1, -0.05) is 51.1 Å². The van der Waals surface area contributed by atoms with Crippen LogP contribution in [0.4, 0.5) is 0 Å². The van der Waals surface area contributed by atoms with Gasteiger partial charge in [-0.3, -0.25) is 14.9 Å². The second-order valence-corrected chi connectivity index (χ2v) is 6.20. The van der Waals surface area contributed by atoms with Gasteiger partial charge in [-0.05, 0) is 30.0 Å². The maximum absolute atomic E-state index is 12.0. The minimum absolute atomic E-state index is 0.0144. The third-order valence-electron chi connectivity index (χ3n) is 3.15. The molecule has 0 aromatic heterocycles. The highest BCUT2D eigenvalue weighted by molar-refractivity contribution is 6.05. The van der Waals surface area contributed by atoms with E-state index in [0.29, 0.717) is 5.56 Å². The van der Waals surface area contributed by atoms with Crippen LogP contribution in [-0.4, -0.2) is 24.4 Å². The molecule has 0 fully saturated rings. The van der Waals surface area contributed by atoms with Crippen LogP contribution < -0.4 is 5.32 Å². The SMILES string of the molecule is CC=CC=CC(=O)OCC(=O)NC(=O)c1ccc(C(C)(C)C)cc1. The number of imide groups is 1. The van der Waals surface area contributed by atoms with E-state index < -0.39 is 24.4 Å². The van der Waals surface area contributed by atoms with Crippen LogP contribution in [0.1, 0.15) is 43.6 Å². The lowest BCUT2D eigenvalue weighted by atomic mass is 9.87. The zero-order valence-corrected chi connectivity index (χ0v) is 14.5. The van der Waals surface area contributed by atoms with Crippen LogP contribution in [0.15, 0.2) is 48.6 Å². The van der Waals surface area contributed by atoms with Crippen molar-refractivity contribution in [2.24, 2.45) is 0 Å². The fraction of sp³-hybridized carbons (Fsp3) is 0.316. The Morgan fingerprint density at radius 2 is 1.71 bits per heavy atom. The molecule has 0 saturated heterocycles. The summed E-state index contributed by atoms with van der Waals surface area (Å²) in [5, 5.41) is 2.18. The quantitative estimate of drug-likeness (QED) is 0.512. The van der Waals surface area contributed by atoms with Crippen molar-refractivity contribution in [3.8, 4) is 0 Å². The maximum atomic E-state index is 12.0. The van der Waals surface area contributed by atoms with E-state index in [1.165, 1.54) is 12.2 Å². The summed E-state index contributed by atoms with van der Waals surface area (Å²) in [6.07, 6.45) is 6.11. The zero-order valence-electron chi connectivity index (χ0n) is 14.5. The van der Waals surface area contributed by atoms with Crippen LogP contribution in [0.2, 0.25) is 0 Å². The molecule has 1 N–H and O–H groups in total. The lowest BCUT2D eigenvalue weighted by Gasteiger charge is -2.18. The number of nitrogens with one attached hydrogen (secondary N) is 1. The smallest absolute Gasteiger partial charge is 0.331 e. The molecule has 1 aromatic carbocycles. The molecule has 2 amide bonds. The molecular weight excluding hydrogens is 306 g/mol. The number of carbonyl (C=O) groups excluding carboxylic acids is 3. The van der Waals surface area contributed by atoms with Crippen molar-refractivity contribution < 1.29 is 19.1 Å². The summed E-state index contributed by atoms with van der Waals surface area (Å²) >= 11 is 0. The van der Waals surface area contributed by atoms with Crippen LogP contribution in [0.25, 0.3) is 0 Å². The van der Waals surface area contributed by atoms with E-state index in [1.807, 2.05) is 19.1 Å². The van der Waals surface area contributed by atoms with Crippen LogP contribution in [0, 0.1) is 0 Å². The molecule has 0 bridgehead atoms. The van der Waals surface area contributed by atoms with Crippen LogP contribution in [0.3, 0.4) is 0 Å². The minimum atomic E-state index is -0.673. The number of benzene rings is 1. The molecule has 0 aliphatic heterocycles. The Morgan fingerprint density at radius 1 is 1.08 bits per heavy atom. The van der Waals surface area contributed by atoms with E-state index >= 15 is 0 Å². The fourth-order valence-corrected chi connectivity index (χ4v) is 1.79. The second-order valence-electron chi connectivity index (χ2n) is 6.20. The molecule has 0 saturated carbocycles. The van der Waals surface area contributed by atoms with Gasteiger partial charge in [-0.25, -0.2) is 4.79 Å². The first kappa shape index (κ1) is 19.4. The van der Waals surface area contributed by atoms with Gasteiger partial charge in [0.2, 0.25) is 0 Å². The van der Waals surface area contributed by atoms with Gasteiger partial charge in [-0.2, -0.15) is 0 Å². The maximum Gasteiger partial charge on any atom is 0.331 e. The monoisotopic (exact) mass is 329 g/mol. The van der Waals surface area contributed by atoms with Crippen molar-refractivity contribution in [3.63, 3.8) is 0 Å². The molecule has 1 aromatic rings. The van der Waals surface area contributed by atoms with E-state index in [0.717, 1.165) is 5.56 Å². The lowest BCUT2D eigenvalue weighted by molar-refractivity contribution is -0.143. The van der Waals surface area contributed by atoms with Crippen molar-refractivity contribution in [2.45, 2.75) is 33.1 Å². The number of hydrogen-bond donors (Lipinski definition) is 1. The van der Waals surface area contributed by atoms with Gasteiger partial charge >= 0.3 is 5.97 Å². The summed E-state index contributed by atoms with van der Waals surface area (Å²) in [7, 11) is 0. The van der Waals surface area contributed by atoms with Gasteiger partial charge in [-0.15, -0.1) is 0 Å². The largest absolute Gasteiger partial charge is 0.452 e. The summed E-state index contributed by atoms with van der Waals surface area (Å²) in [6, 6.07) is 7.03. The van der Waals surface area contributed by atoms with Gasteiger partial charge in [0.25, 0.3) is 11.8 Å². The Labute approximate surface area is 142 Å². The normalized spacial score (nSPS) is 11.7. The van der Waals surface area contributed by atoms with E-state index in [2.05, 4.69) is 26.1 Å². The van der Waals surface area contributed by atoms with Crippen molar-refractivity contribution >= 4 is 17.8 Å². The average molecular weight is 329 g/mol. The predicted molar refractivity (Wildman–Crippen MR) is 92.5 cm³/mol. The Morgan fingerprint density at radius 3 is 2.25 bits per heavy atom. The Bertz CT molecular complexity index is 649. The summed E-state index contributed by atoms with van der Waals surface area (Å²) in [5.41, 5.74) is 1.45. The number of ether oxygens (including phenoxy) is 1. The summed E-state index contributed by atoms with van der Waals surface area (Å²) in [6.45, 7) is 7.52. The van der Waals surface area contributed by atoms with Gasteiger partial charge in [0.15, 0.2) is 6.61 Å². The highest BCUT2D eigenvalue weighted by atomic mass is 16.5. The van der Waals surface area contributed by atoms with Crippen molar-refractivity contribution in [3.05, 3.63) is 59.7 Å². The first-order valence-corrected chi connectivity index (χ1v) is 7.65. The number of hydrogen-bond acceptors (Lipinski definition) is 4. The lowest BCUT2D eigenvalue weighted by Crippen LogP contribution is -2.34. The van der Waals surface area contributed by atoms with Crippen LogP contribution in [-0.2, 0) is 19.7 Å². The fourth-order valence-electron chi connectivity index (χ4n) is 1.79. The average Bonchev–Trinajstić information content (AvgIpc) is 2.52. The molecule has 0 aliphatic carbocycles. The van der Waals surface area contributed by atoms with Crippen molar-refractivity contribution in [1.29, 1.82) is 0 Å². The molecule has 0 aliphatic rings. The molecule has 0 unspecified atom stereocenters. The van der Waals surface area contributed by atoms with Crippen molar-refractivity contribution in [1.82, 2.24) is 5.32 Å². The molecule has 0 heterocycles. The number of amides is 2. The zero-order chi connectivity index (χ0) is 18.2. The molecule has 5 heteroatoms. The molecule has 0 spiro atoms. The third kappa shape index (κ3) is 6.60. The molecular formula is C19H23NO4. The number of rotatable bonds is 5. The first-order chi connectivity index (χ1) is 11.2. The van der Waals surface area contributed by atoms with Crippen LogP contribution in [0.5, 0.6) is 0 Å². The Hall–Kier alpha value is -2.69. The Balaban J connectivity index is 2.52. The van der Waals surface area contributed by atoms with Gasteiger partial charge in [0.1, 0.15) is 0 Å². The molecule has 0 atom stereocenters. The second kappa shape index (κ2) is 8.82. The number of carbonyl (C=O) groups is 3. The van der Waals surface area contributed by atoms with Crippen LogP contribution >= 0.6 is 0 Å². The van der Waals surface area contributed by atoms with E-state index in [1.54, 1.807) is 24.3 Å². The molecule has 128 valence electrons. The topological polar surface area (TPSA) is 72.5 Å². The molecule has 5 nitrogen and oxygen atoms in total. The van der Waals surface area contributed by atoms with Gasteiger partial charge in [0, 0.05) is 11.6 Å². The van der Waals surface area contributed by atoms with E-state index in [4.69, 9.17) is 4.74 Å². The first-order valence-electron chi connectivity index (χ1n) is 7.65. The minimum Gasteiger partial charge on any atom is -0.452 e. The predicted octanol–water partition coefficient (Wildman–Crippen LogP) is 2.92. The highest BCUT2D eigenvalue weighted by Gasteiger charge is 2.15.